The first-order chi connectivity index (χ1) is 15.7. The van der Waals surface area contributed by atoms with Crippen molar-refractivity contribution in [1.29, 1.82) is 0 Å². The minimum Gasteiger partial charge on any atom is -0.490 e. The van der Waals surface area contributed by atoms with Gasteiger partial charge in [-0.1, -0.05) is 19.0 Å². The lowest BCUT2D eigenvalue weighted by Gasteiger charge is -2.27. The van der Waals surface area contributed by atoms with Crippen LogP contribution in [0.2, 0.25) is 0 Å². The minimum atomic E-state index is -0.751. The highest BCUT2D eigenvalue weighted by molar-refractivity contribution is 5.70. The first kappa shape index (κ1) is 24.6. The fourth-order valence-electron chi connectivity index (χ4n) is 3.93. The van der Waals surface area contributed by atoms with Crippen LogP contribution in [-0.4, -0.2) is 46.9 Å². The van der Waals surface area contributed by atoms with Crippen molar-refractivity contribution in [2.24, 2.45) is 11.8 Å². The molecule has 2 atom stereocenters. The average molecular weight is 459 g/mol. The zero-order chi connectivity index (χ0) is 24.0. The Bertz CT molecular complexity index is 937. The van der Waals surface area contributed by atoms with Crippen LogP contribution in [0.4, 0.5) is 4.79 Å². The van der Waals surface area contributed by atoms with Crippen LogP contribution < -0.4 is 4.74 Å². The fourth-order valence-corrected chi connectivity index (χ4v) is 3.93. The molecule has 1 heterocycles. The molecular formula is C25H34N2O6. The molecule has 1 fully saturated rings. The first-order valence-corrected chi connectivity index (χ1v) is 11.6. The molecule has 1 aliphatic rings. The van der Waals surface area contributed by atoms with Gasteiger partial charge in [0.05, 0.1) is 23.3 Å². The first-order valence-electron chi connectivity index (χ1n) is 11.6. The maximum Gasteiger partial charge on any atom is 0.409 e. The highest BCUT2D eigenvalue weighted by Crippen LogP contribution is 2.31. The van der Waals surface area contributed by atoms with E-state index in [1.165, 1.54) is 0 Å². The standard InChI is InChI=1S/C25H34N2O6/c1-16(2)12-13-27(4)25(30)31-15-22-17(3)26-33-23(22)18-8-10-20(11-9-18)32-21-7-5-6-19(14-21)24(28)29/h8-11,16,19,21H,5-7,12-15H2,1-4H3,(H,28,29)/t19-,21-/m0/s1. The molecule has 0 bridgehead atoms. The van der Waals surface area contributed by atoms with E-state index < -0.39 is 5.97 Å². The number of amides is 1. The van der Waals surface area contributed by atoms with E-state index in [0.29, 0.717) is 42.5 Å². The summed E-state index contributed by atoms with van der Waals surface area (Å²) in [5, 5.41) is 13.3. The van der Waals surface area contributed by atoms with Gasteiger partial charge in [0.2, 0.25) is 0 Å². The molecule has 1 aromatic heterocycles. The molecule has 0 unspecified atom stereocenters. The van der Waals surface area contributed by atoms with Crippen LogP contribution in [0, 0.1) is 18.8 Å². The third kappa shape index (κ3) is 6.73. The van der Waals surface area contributed by atoms with E-state index in [2.05, 4.69) is 19.0 Å². The Kier molecular flexibility index (Phi) is 8.36. The highest BCUT2D eigenvalue weighted by Gasteiger charge is 2.28. The summed E-state index contributed by atoms with van der Waals surface area (Å²) in [6.07, 6.45) is 3.38. The predicted octanol–water partition coefficient (Wildman–Crippen LogP) is 5.29. The van der Waals surface area contributed by atoms with Crippen molar-refractivity contribution in [2.45, 2.75) is 65.6 Å². The van der Waals surface area contributed by atoms with Crippen molar-refractivity contribution < 1.29 is 28.7 Å². The van der Waals surface area contributed by atoms with Crippen molar-refractivity contribution in [3.63, 3.8) is 0 Å². The number of hydrogen-bond donors (Lipinski definition) is 1. The summed E-state index contributed by atoms with van der Waals surface area (Å²) in [6, 6.07) is 7.42. The molecule has 1 N–H and O–H groups in total. The van der Waals surface area contributed by atoms with E-state index >= 15 is 0 Å². The van der Waals surface area contributed by atoms with E-state index in [1.807, 2.05) is 31.2 Å². The molecule has 1 amide bonds. The van der Waals surface area contributed by atoms with Crippen LogP contribution in [0.5, 0.6) is 5.75 Å². The summed E-state index contributed by atoms with van der Waals surface area (Å²) in [5.74, 6) is 0.662. The van der Waals surface area contributed by atoms with Gasteiger partial charge in [0, 0.05) is 19.2 Å². The highest BCUT2D eigenvalue weighted by atomic mass is 16.6. The van der Waals surface area contributed by atoms with E-state index in [1.54, 1.807) is 11.9 Å². The Hall–Kier alpha value is -3.03. The number of aryl methyl sites for hydroxylation is 1. The fraction of sp³-hybridized carbons (Fsp3) is 0.560. The maximum absolute atomic E-state index is 12.3. The second-order valence-electron chi connectivity index (χ2n) is 9.20. The van der Waals surface area contributed by atoms with Gasteiger partial charge in [0.1, 0.15) is 12.4 Å². The van der Waals surface area contributed by atoms with Crippen molar-refractivity contribution in [3.8, 4) is 17.1 Å². The van der Waals surface area contributed by atoms with E-state index in [-0.39, 0.29) is 24.7 Å². The quantitative estimate of drug-likeness (QED) is 0.545. The lowest BCUT2D eigenvalue weighted by Crippen LogP contribution is -2.29. The van der Waals surface area contributed by atoms with Gasteiger partial charge in [-0.25, -0.2) is 4.79 Å². The van der Waals surface area contributed by atoms with E-state index in [9.17, 15) is 14.7 Å². The Morgan fingerprint density at radius 1 is 1.24 bits per heavy atom. The van der Waals surface area contributed by atoms with Gasteiger partial charge in [0.15, 0.2) is 5.76 Å². The Morgan fingerprint density at radius 2 is 1.97 bits per heavy atom. The number of carbonyl (C=O) groups is 2. The number of aliphatic carboxylic acids is 1. The van der Waals surface area contributed by atoms with Crippen molar-refractivity contribution >= 4 is 12.1 Å². The largest absolute Gasteiger partial charge is 0.490 e. The van der Waals surface area contributed by atoms with Crippen LogP contribution in [-0.2, 0) is 16.1 Å². The van der Waals surface area contributed by atoms with Crippen LogP contribution in [0.3, 0.4) is 0 Å². The third-order valence-corrected chi connectivity index (χ3v) is 6.07. The zero-order valence-electron chi connectivity index (χ0n) is 19.9. The molecule has 8 nitrogen and oxygen atoms in total. The number of nitrogens with zero attached hydrogens (tertiary/aromatic N) is 2. The summed E-state index contributed by atoms with van der Waals surface area (Å²) in [5.41, 5.74) is 2.20. The lowest BCUT2D eigenvalue weighted by molar-refractivity contribution is -0.143. The van der Waals surface area contributed by atoms with E-state index in [0.717, 1.165) is 30.4 Å². The molecule has 1 saturated carbocycles. The smallest absolute Gasteiger partial charge is 0.409 e. The lowest BCUT2D eigenvalue weighted by atomic mass is 9.87. The van der Waals surface area contributed by atoms with Crippen LogP contribution in [0.25, 0.3) is 11.3 Å². The number of benzene rings is 1. The van der Waals surface area contributed by atoms with Gasteiger partial charge in [-0.05, 0) is 69.2 Å². The molecule has 3 rings (SSSR count). The summed E-state index contributed by atoms with van der Waals surface area (Å²) < 4.78 is 17.0. The molecule has 180 valence electrons. The van der Waals surface area contributed by atoms with Crippen LogP contribution in [0.15, 0.2) is 28.8 Å². The van der Waals surface area contributed by atoms with Gasteiger partial charge in [-0.3, -0.25) is 4.79 Å². The number of carboxylic acid groups (broad SMARTS) is 1. The number of hydrogen-bond acceptors (Lipinski definition) is 6. The molecule has 1 aliphatic carbocycles. The topological polar surface area (TPSA) is 102 Å². The summed E-state index contributed by atoms with van der Waals surface area (Å²) in [7, 11) is 1.73. The van der Waals surface area contributed by atoms with Gasteiger partial charge in [-0.2, -0.15) is 0 Å². The molecule has 33 heavy (non-hydrogen) atoms. The number of aromatic nitrogens is 1. The molecular weight excluding hydrogens is 424 g/mol. The van der Waals surface area contributed by atoms with Gasteiger partial charge in [-0.15, -0.1) is 0 Å². The van der Waals surface area contributed by atoms with Crippen molar-refractivity contribution in [2.75, 3.05) is 13.6 Å². The predicted molar refractivity (Wildman–Crippen MR) is 123 cm³/mol. The summed E-state index contributed by atoms with van der Waals surface area (Å²) in [4.78, 5) is 25.2. The molecule has 0 saturated heterocycles. The SMILES string of the molecule is Cc1noc(-c2ccc(O[C@H]3CCC[C@H](C(=O)O)C3)cc2)c1COC(=O)N(C)CCC(C)C. The van der Waals surface area contributed by atoms with Crippen LogP contribution >= 0.6 is 0 Å². The Morgan fingerprint density at radius 3 is 2.64 bits per heavy atom. The van der Waals surface area contributed by atoms with Gasteiger partial charge >= 0.3 is 12.1 Å². The molecule has 0 aliphatic heterocycles. The second-order valence-corrected chi connectivity index (χ2v) is 9.20. The molecule has 8 heteroatoms. The summed E-state index contributed by atoms with van der Waals surface area (Å²) in [6.45, 7) is 6.76. The number of ether oxygens (including phenoxy) is 2. The Balaban J connectivity index is 1.61. The maximum atomic E-state index is 12.3. The van der Waals surface area contributed by atoms with Crippen molar-refractivity contribution in [3.05, 3.63) is 35.5 Å². The second kappa shape index (κ2) is 11.2. The number of carbonyl (C=O) groups excluding carboxylic acids is 1. The normalized spacial score (nSPS) is 18.2. The molecule has 0 spiro atoms. The third-order valence-electron chi connectivity index (χ3n) is 6.07. The molecule has 1 aromatic carbocycles. The monoisotopic (exact) mass is 458 g/mol. The summed E-state index contributed by atoms with van der Waals surface area (Å²) >= 11 is 0. The van der Waals surface area contributed by atoms with Gasteiger partial charge in [0.25, 0.3) is 0 Å². The van der Waals surface area contributed by atoms with E-state index in [4.69, 9.17) is 14.0 Å². The Labute approximate surface area is 194 Å². The van der Waals surface area contributed by atoms with Crippen molar-refractivity contribution in [1.82, 2.24) is 10.1 Å². The van der Waals surface area contributed by atoms with Crippen LogP contribution in [0.1, 0.15) is 57.2 Å². The average Bonchev–Trinajstić information content (AvgIpc) is 3.16. The zero-order valence-corrected chi connectivity index (χ0v) is 19.9. The number of carboxylic acids is 1. The van der Waals surface area contributed by atoms with Gasteiger partial charge < -0.3 is 24.0 Å². The number of rotatable bonds is 9. The minimum absolute atomic E-state index is 0.0758. The molecule has 0 radical (unpaired) electrons. The molecule has 2 aromatic rings.